The third kappa shape index (κ3) is 5.06. The average molecular weight is 339 g/mol. The quantitative estimate of drug-likeness (QED) is 0.902. The first-order valence-corrected chi connectivity index (χ1v) is 8.86. The van der Waals surface area contributed by atoms with Crippen LogP contribution in [0.1, 0.15) is 46.8 Å². The highest BCUT2D eigenvalue weighted by Crippen LogP contribution is 2.22. The monoisotopic (exact) mass is 339 g/mol. The molecular formula is C19H25N5O. The van der Waals surface area contributed by atoms with E-state index in [-0.39, 0.29) is 0 Å². The minimum Gasteiger partial charge on any atom is -0.364 e. The molecule has 3 rings (SSSR count). The lowest BCUT2D eigenvalue weighted by atomic mass is 9.95. The van der Waals surface area contributed by atoms with Crippen LogP contribution < -0.4 is 5.73 Å². The van der Waals surface area contributed by atoms with E-state index in [1.165, 1.54) is 19.2 Å². The Bertz CT molecular complexity index is 733. The molecule has 1 saturated heterocycles. The minimum absolute atomic E-state index is 0.297. The molecule has 25 heavy (non-hydrogen) atoms. The maximum atomic E-state index is 11.3. The molecule has 0 bridgehead atoms. The fraction of sp³-hybridized carbons (Fsp3) is 0.474. The number of primary amides is 1. The van der Waals surface area contributed by atoms with Gasteiger partial charge < -0.3 is 5.73 Å². The average Bonchev–Trinajstić information content (AvgIpc) is 2.80. The SMILES string of the molecule is Cc1cccc(CN2CCCC(Cc3cc(C(N)=O)ncn3)CC2)n1. The highest BCUT2D eigenvalue weighted by atomic mass is 16.1. The summed E-state index contributed by atoms with van der Waals surface area (Å²) in [6.45, 7) is 5.11. The number of carbonyl (C=O) groups is 1. The smallest absolute Gasteiger partial charge is 0.267 e. The van der Waals surface area contributed by atoms with Gasteiger partial charge in [0.2, 0.25) is 0 Å². The molecule has 1 unspecified atom stereocenters. The molecule has 132 valence electrons. The Labute approximate surface area is 148 Å². The summed E-state index contributed by atoms with van der Waals surface area (Å²) in [5.41, 5.74) is 8.71. The molecule has 0 saturated carbocycles. The number of carbonyl (C=O) groups excluding carboxylic acids is 1. The topological polar surface area (TPSA) is 85.0 Å². The number of hydrogen-bond donors (Lipinski definition) is 1. The van der Waals surface area contributed by atoms with E-state index in [0.717, 1.165) is 49.6 Å². The van der Waals surface area contributed by atoms with Crippen molar-refractivity contribution in [2.75, 3.05) is 13.1 Å². The van der Waals surface area contributed by atoms with E-state index < -0.39 is 5.91 Å². The van der Waals surface area contributed by atoms with Crippen LogP contribution in [0.15, 0.2) is 30.6 Å². The van der Waals surface area contributed by atoms with Gasteiger partial charge in [-0.15, -0.1) is 0 Å². The van der Waals surface area contributed by atoms with Crippen LogP contribution in [0.25, 0.3) is 0 Å². The van der Waals surface area contributed by atoms with Crippen molar-refractivity contribution in [1.82, 2.24) is 19.9 Å². The van der Waals surface area contributed by atoms with Crippen LogP contribution in [-0.4, -0.2) is 38.8 Å². The van der Waals surface area contributed by atoms with Crippen LogP contribution in [0.3, 0.4) is 0 Å². The van der Waals surface area contributed by atoms with E-state index in [2.05, 4.69) is 32.0 Å². The normalized spacial score (nSPS) is 18.7. The van der Waals surface area contributed by atoms with Crippen LogP contribution in [0, 0.1) is 12.8 Å². The number of likely N-dealkylation sites (tertiary alicyclic amines) is 1. The van der Waals surface area contributed by atoms with Crippen LogP contribution in [0.4, 0.5) is 0 Å². The van der Waals surface area contributed by atoms with Crippen LogP contribution in [0.5, 0.6) is 0 Å². The van der Waals surface area contributed by atoms with Gasteiger partial charge in [0.1, 0.15) is 12.0 Å². The van der Waals surface area contributed by atoms with Gasteiger partial charge >= 0.3 is 0 Å². The van der Waals surface area contributed by atoms with Crippen molar-refractivity contribution in [3.8, 4) is 0 Å². The molecule has 1 amide bonds. The highest BCUT2D eigenvalue weighted by molar-refractivity contribution is 5.90. The molecule has 1 aliphatic heterocycles. The zero-order chi connectivity index (χ0) is 17.6. The van der Waals surface area contributed by atoms with Crippen LogP contribution in [-0.2, 0) is 13.0 Å². The molecule has 6 heteroatoms. The standard InChI is InChI=1S/C19H25N5O/c1-14-4-2-6-16(23-14)12-24-8-3-5-15(7-9-24)10-17-11-18(19(20)25)22-13-21-17/h2,4,6,11,13,15H,3,5,7-10,12H2,1H3,(H2,20,25). The molecule has 1 atom stereocenters. The number of aryl methyl sites for hydroxylation is 1. The summed E-state index contributed by atoms with van der Waals surface area (Å²) in [7, 11) is 0. The maximum Gasteiger partial charge on any atom is 0.267 e. The summed E-state index contributed by atoms with van der Waals surface area (Å²) in [6.07, 6.45) is 5.78. The lowest BCUT2D eigenvalue weighted by Gasteiger charge is -2.20. The Morgan fingerprint density at radius 3 is 2.92 bits per heavy atom. The van der Waals surface area contributed by atoms with Crippen molar-refractivity contribution in [2.45, 2.75) is 39.2 Å². The van der Waals surface area contributed by atoms with E-state index in [1.54, 1.807) is 6.07 Å². The molecule has 0 aliphatic carbocycles. The number of hydrogen-bond acceptors (Lipinski definition) is 5. The molecule has 0 aromatic carbocycles. The zero-order valence-electron chi connectivity index (χ0n) is 14.7. The molecule has 6 nitrogen and oxygen atoms in total. The fourth-order valence-corrected chi connectivity index (χ4v) is 3.44. The van der Waals surface area contributed by atoms with Crippen LogP contribution >= 0.6 is 0 Å². The van der Waals surface area contributed by atoms with E-state index in [9.17, 15) is 4.79 Å². The van der Waals surface area contributed by atoms with Gasteiger partial charge in [-0.25, -0.2) is 9.97 Å². The fourth-order valence-electron chi connectivity index (χ4n) is 3.44. The predicted molar refractivity (Wildman–Crippen MR) is 95.8 cm³/mol. The van der Waals surface area contributed by atoms with Gasteiger partial charge in [-0.3, -0.25) is 14.7 Å². The lowest BCUT2D eigenvalue weighted by molar-refractivity contribution is 0.0995. The van der Waals surface area contributed by atoms with Crippen molar-refractivity contribution in [1.29, 1.82) is 0 Å². The van der Waals surface area contributed by atoms with Crippen molar-refractivity contribution < 1.29 is 4.79 Å². The summed E-state index contributed by atoms with van der Waals surface area (Å²) in [4.78, 5) is 26.6. The minimum atomic E-state index is -0.499. The van der Waals surface area contributed by atoms with E-state index in [4.69, 9.17) is 5.73 Å². The molecule has 2 N–H and O–H groups in total. The van der Waals surface area contributed by atoms with Gasteiger partial charge in [0.05, 0.1) is 5.69 Å². The first-order chi connectivity index (χ1) is 12.1. The highest BCUT2D eigenvalue weighted by Gasteiger charge is 2.19. The van der Waals surface area contributed by atoms with Gasteiger partial charge in [-0.1, -0.05) is 6.07 Å². The molecule has 1 aliphatic rings. The number of pyridine rings is 1. The largest absolute Gasteiger partial charge is 0.364 e. The first-order valence-electron chi connectivity index (χ1n) is 8.86. The Balaban J connectivity index is 1.56. The van der Waals surface area contributed by atoms with Crippen LogP contribution in [0.2, 0.25) is 0 Å². The molecule has 2 aromatic heterocycles. The third-order valence-corrected chi connectivity index (χ3v) is 4.75. The number of nitrogens with zero attached hydrogens (tertiary/aromatic N) is 4. The molecule has 3 heterocycles. The maximum absolute atomic E-state index is 11.3. The Morgan fingerprint density at radius 2 is 2.12 bits per heavy atom. The predicted octanol–water partition coefficient (Wildman–Crippen LogP) is 2.12. The van der Waals surface area contributed by atoms with Crippen molar-refractivity contribution in [3.63, 3.8) is 0 Å². The van der Waals surface area contributed by atoms with Crippen molar-refractivity contribution in [3.05, 3.63) is 53.4 Å². The number of nitrogens with two attached hydrogens (primary N) is 1. The van der Waals surface area contributed by atoms with Gasteiger partial charge in [-0.05, 0) is 69.8 Å². The summed E-state index contributed by atoms with van der Waals surface area (Å²) >= 11 is 0. The van der Waals surface area contributed by atoms with Gasteiger partial charge in [-0.2, -0.15) is 0 Å². The van der Waals surface area contributed by atoms with Crippen molar-refractivity contribution in [2.24, 2.45) is 11.7 Å². The zero-order valence-corrected chi connectivity index (χ0v) is 14.7. The summed E-state index contributed by atoms with van der Waals surface area (Å²) in [5, 5.41) is 0. The van der Waals surface area contributed by atoms with E-state index in [0.29, 0.717) is 11.6 Å². The Kier molecular flexibility index (Phi) is 5.71. The Hall–Kier alpha value is -2.34. The molecule has 0 radical (unpaired) electrons. The second-order valence-electron chi connectivity index (χ2n) is 6.81. The lowest BCUT2D eigenvalue weighted by Crippen LogP contribution is -2.25. The van der Waals surface area contributed by atoms with Gasteiger partial charge in [0.25, 0.3) is 5.91 Å². The molecule has 1 fully saturated rings. The molecular weight excluding hydrogens is 314 g/mol. The van der Waals surface area contributed by atoms with Crippen molar-refractivity contribution >= 4 is 5.91 Å². The molecule has 2 aromatic rings. The number of aromatic nitrogens is 3. The number of rotatable bonds is 5. The van der Waals surface area contributed by atoms with Gasteiger partial charge in [0.15, 0.2) is 0 Å². The summed E-state index contributed by atoms with van der Waals surface area (Å²) in [5.74, 6) is 0.0763. The third-order valence-electron chi connectivity index (χ3n) is 4.75. The van der Waals surface area contributed by atoms with Gasteiger partial charge in [0, 0.05) is 17.9 Å². The molecule has 0 spiro atoms. The van der Waals surface area contributed by atoms with E-state index in [1.807, 2.05) is 13.0 Å². The summed E-state index contributed by atoms with van der Waals surface area (Å²) < 4.78 is 0. The Morgan fingerprint density at radius 1 is 1.24 bits per heavy atom. The van der Waals surface area contributed by atoms with E-state index >= 15 is 0 Å². The summed E-state index contributed by atoms with van der Waals surface area (Å²) in [6, 6.07) is 7.93. The number of amides is 1. The second kappa shape index (κ2) is 8.16. The first kappa shape index (κ1) is 17.5. The second-order valence-corrected chi connectivity index (χ2v) is 6.81.